The van der Waals surface area contributed by atoms with Gasteiger partial charge in [0.25, 0.3) is 0 Å². The molecule has 0 heterocycles. The number of halogens is 1. The van der Waals surface area contributed by atoms with E-state index in [1.54, 1.807) is 50.2 Å². The number of aryl methyl sites for hydroxylation is 1. The Kier molecular flexibility index (Phi) is 4.20. The fourth-order valence-corrected chi connectivity index (χ4v) is 3.45. The van der Waals surface area contributed by atoms with Gasteiger partial charge in [-0.2, -0.15) is 0 Å². The summed E-state index contributed by atoms with van der Waals surface area (Å²) in [7, 11) is -3.59. The van der Waals surface area contributed by atoms with E-state index in [2.05, 4.69) is 4.72 Å². The standard InChI is InChI=1S/C15H16FNO2S/c1-11-5-3-4-6-15(11)20(18,19)17-12(2)13-7-9-14(16)10-8-13/h3-10,12,17H,1-2H3/t12-/m1/s1. The summed E-state index contributed by atoms with van der Waals surface area (Å²) >= 11 is 0. The molecule has 0 spiro atoms. The van der Waals surface area contributed by atoms with E-state index < -0.39 is 16.1 Å². The minimum absolute atomic E-state index is 0.258. The molecule has 0 bridgehead atoms. The first-order chi connectivity index (χ1) is 9.40. The maximum Gasteiger partial charge on any atom is 0.241 e. The van der Waals surface area contributed by atoms with E-state index in [4.69, 9.17) is 0 Å². The van der Waals surface area contributed by atoms with Crippen molar-refractivity contribution < 1.29 is 12.8 Å². The van der Waals surface area contributed by atoms with Crippen LogP contribution in [0.4, 0.5) is 4.39 Å². The summed E-state index contributed by atoms with van der Waals surface area (Å²) in [5.74, 6) is -0.345. The van der Waals surface area contributed by atoms with Crippen LogP contribution in [0, 0.1) is 12.7 Å². The third kappa shape index (κ3) is 3.23. The Bertz CT molecular complexity index is 696. The van der Waals surface area contributed by atoms with Crippen molar-refractivity contribution >= 4 is 10.0 Å². The normalized spacial score (nSPS) is 13.2. The lowest BCUT2D eigenvalue weighted by molar-refractivity contribution is 0.566. The molecule has 0 unspecified atom stereocenters. The minimum atomic E-state index is -3.59. The van der Waals surface area contributed by atoms with Gasteiger partial charge in [-0.25, -0.2) is 17.5 Å². The molecule has 106 valence electrons. The fraction of sp³-hybridized carbons (Fsp3) is 0.200. The Hall–Kier alpha value is -1.72. The van der Waals surface area contributed by atoms with Crippen LogP contribution in [0.15, 0.2) is 53.4 Å². The molecule has 2 aromatic rings. The Morgan fingerprint density at radius 3 is 2.25 bits per heavy atom. The molecule has 2 rings (SSSR count). The van der Waals surface area contributed by atoms with Crippen LogP contribution in [-0.2, 0) is 10.0 Å². The van der Waals surface area contributed by atoms with Crippen molar-refractivity contribution in [2.24, 2.45) is 0 Å². The van der Waals surface area contributed by atoms with Gasteiger partial charge in [0.1, 0.15) is 5.82 Å². The van der Waals surface area contributed by atoms with Gasteiger partial charge in [0.15, 0.2) is 0 Å². The highest BCUT2D eigenvalue weighted by molar-refractivity contribution is 7.89. The van der Waals surface area contributed by atoms with Gasteiger partial charge in [-0.1, -0.05) is 30.3 Å². The second kappa shape index (κ2) is 5.73. The lowest BCUT2D eigenvalue weighted by Crippen LogP contribution is -2.27. The summed E-state index contributed by atoms with van der Waals surface area (Å²) in [4.78, 5) is 0.258. The lowest BCUT2D eigenvalue weighted by atomic mass is 10.1. The van der Waals surface area contributed by atoms with E-state index in [9.17, 15) is 12.8 Å². The lowest BCUT2D eigenvalue weighted by Gasteiger charge is -2.15. The van der Waals surface area contributed by atoms with Crippen LogP contribution in [-0.4, -0.2) is 8.42 Å². The topological polar surface area (TPSA) is 46.2 Å². The highest BCUT2D eigenvalue weighted by atomic mass is 32.2. The van der Waals surface area contributed by atoms with Gasteiger partial charge in [0.05, 0.1) is 4.90 Å². The highest BCUT2D eigenvalue weighted by Gasteiger charge is 2.19. The van der Waals surface area contributed by atoms with E-state index in [1.165, 1.54) is 12.1 Å². The Morgan fingerprint density at radius 2 is 1.65 bits per heavy atom. The molecule has 2 aromatic carbocycles. The monoisotopic (exact) mass is 293 g/mol. The molecule has 0 amide bonds. The van der Waals surface area contributed by atoms with Crippen LogP contribution in [0.2, 0.25) is 0 Å². The van der Waals surface area contributed by atoms with Crippen molar-refractivity contribution in [2.75, 3.05) is 0 Å². The van der Waals surface area contributed by atoms with Crippen LogP contribution in [0.25, 0.3) is 0 Å². The number of hydrogen-bond acceptors (Lipinski definition) is 2. The third-order valence-corrected chi connectivity index (χ3v) is 4.79. The van der Waals surface area contributed by atoms with Gasteiger partial charge in [-0.15, -0.1) is 0 Å². The first-order valence-electron chi connectivity index (χ1n) is 6.23. The van der Waals surface area contributed by atoms with Crippen molar-refractivity contribution in [3.05, 3.63) is 65.5 Å². The molecule has 0 saturated heterocycles. The maximum absolute atomic E-state index is 12.9. The predicted molar refractivity (Wildman–Crippen MR) is 76.3 cm³/mol. The van der Waals surface area contributed by atoms with Crippen molar-refractivity contribution in [1.82, 2.24) is 4.72 Å². The Balaban J connectivity index is 2.24. The van der Waals surface area contributed by atoms with Crippen molar-refractivity contribution in [3.63, 3.8) is 0 Å². The average Bonchev–Trinajstić information content (AvgIpc) is 2.39. The summed E-state index contributed by atoms with van der Waals surface area (Å²) in [5, 5.41) is 0. The SMILES string of the molecule is Cc1ccccc1S(=O)(=O)N[C@H](C)c1ccc(F)cc1. The molecular formula is C15H16FNO2S. The van der Waals surface area contributed by atoms with Gasteiger partial charge in [0, 0.05) is 6.04 Å². The minimum Gasteiger partial charge on any atom is -0.207 e. The molecule has 20 heavy (non-hydrogen) atoms. The molecule has 0 fully saturated rings. The first-order valence-corrected chi connectivity index (χ1v) is 7.72. The van der Waals surface area contributed by atoms with E-state index in [0.717, 1.165) is 0 Å². The highest BCUT2D eigenvalue weighted by Crippen LogP contribution is 2.19. The zero-order valence-corrected chi connectivity index (χ0v) is 12.1. The predicted octanol–water partition coefficient (Wildman–Crippen LogP) is 3.17. The number of sulfonamides is 1. The van der Waals surface area contributed by atoms with E-state index in [0.29, 0.717) is 11.1 Å². The van der Waals surface area contributed by atoms with Gasteiger partial charge >= 0.3 is 0 Å². The van der Waals surface area contributed by atoms with Gasteiger partial charge in [-0.05, 0) is 43.2 Å². The Labute approximate surface area is 118 Å². The molecule has 0 aliphatic heterocycles. The molecule has 3 nitrogen and oxygen atoms in total. The molecule has 0 aliphatic rings. The summed E-state index contributed by atoms with van der Waals surface area (Å²) in [6.07, 6.45) is 0. The van der Waals surface area contributed by atoms with Crippen LogP contribution in [0.1, 0.15) is 24.1 Å². The van der Waals surface area contributed by atoms with Crippen LogP contribution in [0.5, 0.6) is 0 Å². The Morgan fingerprint density at radius 1 is 1.05 bits per heavy atom. The molecule has 0 aliphatic carbocycles. The zero-order valence-electron chi connectivity index (χ0n) is 11.3. The zero-order chi connectivity index (χ0) is 14.8. The van der Waals surface area contributed by atoms with Crippen molar-refractivity contribution in [2.45, 2.75) is 24.8 Å². The third-order valence-electron chi connectivity index (χ3n) is 3.09. The average molecular weight is 293 g/mol. The molecule has 1 atom stereocenters. The second-order valence-corrected chi connectivity index (χ2v) is 6.34. The van der Waals surface area contributed by atoms with E-state index >= 15 is 0 Å². The van der Waals surface area contributed by atoms with Crippen molar-refractivity contribution in [3.8, 4) is 0 Å². The number of hydrogen-bond donors (Lipinski definition) is 1. The van der Waals surface area contributed by atoms with Gasteiger partial charge in [0.2, 0.25) is 10.0 Å². The summed E-state index contributed by atoms with van der Waals surface area (Å²) in [6.45, 7) is 3.47. The number of benzene rings is 2. The fourth-order valence-electron chi connectivity index (χ4n) is 1.97. The second-order valence-electron chi connectivity index (χ2n) is 4.66. The molecule has 0 aromatic heterocycles. The smallest absolute Gasteiger partial charge is 0.207 e. The van der Waals surface area contributed by atoms with Crippen LogP contribution in [0.3, 0.4) is 0 Å². The summed E-state index contributed by atoms with van der Waals surface area (Å²) in [6, 6.07) is 12.1. The molecule has 1 N–H and O–H groups in total. The van der Waals surface area contributed by atoms with E-state index in [-0.39, 0.29) is 10.7 Å². The molecule has 0 radical (unpaired) electrons. The first kappa shape index (κ1) is 14.7. The largest absolute Gasteiger partial charge is 0.241 e. The van der Waals surface area contributed by atoms with Gasteiger partial charge in [-0.3, -0.25) is 0 Å². The summed E-state index contributed by atoms with van der Waals surface area (Å²) < 4.78 is 40.1. The number of rotatable bonds is 4. The van der Waals surface area contributed by atoms with Crippen molar-refractivity contribution in [1.29, 1.82) is 0 Å². The molecule has 0 saturated carbocycles. The van der Waals surface area contributed by atoms with Crippen LogP contribution >= 0.6 is 0 Å². The molecular weight excluding hydrogens is 277 g/mol. The maximum atomic E-state index is 12.9. The summed E-state index contributed by atoms with van der Waals surface area (Å²) in [5.41, 5.74) is 1.40. The molecule has 5 heteroatoms. The van der Waals surface area contributed by atoms with E-state index in [1.807, 2.05) is 0 Å². The van der Waals surface area contributed by atoms with Crippen LogP contribution < -0.4 is 4.72 Å². The van der Waals surface area contributed by atoms with Gasteiger partial charge < -0.3 is 0 Å². The number of nitrogens with one attached hydrogen (secondary N) is 1. The quantitative estimate of drug-likeness (QED) is 0.941.